The van der Waals surface area contributed by atoms with Gasteiger partial charge in [-0.1, -0.05) is 0 Å². The standard InChI is InChI=1S/C22H27F3N4O8S/c1-21(2,3)37-20(34)27(8-11-6-22(24,25)7-11)9-12-4-13-14(29(12)19(32)33)5-15(30)18(17(13)23)28-10-16(31)26-38(28,35)36/h5,11-12,30H,4,6-10H2,1-3H3,(H,26,31)(H,32,33)/t12-/m1/s1. The fourth-order valence-electron chi connectivity index (χ4n) is 4.90. The van der Waals surface area contributed by atoms with Crippen molar-refractivity contribution in [2.24, 2.45) is 5.92 Å². The highest BCUT2D eigenvalue weighted by Gasteiger charge is 2.48. The number of phenolic OH excluding ortho intramolecular Hbond substituents is 1. The summed E-state index contributed by atoms with van der Waals surface area (Å²) in [5, 5.41) is 20.3. The lowest BCUT2D eigenvalue weighted by Crippen LogP contribution is -2.51. The number of rotatable bonds is 5. The average molecular weight is 565 g/mol. The molecule has 1 aliphatic carbocycles. The molecule has 3 N–H and O–H groups in total. The number of fused-ring (bicyclic) bond motifs is 1. The van der Waals surface area contributed by atoms with Crippen LogP contribution in [0.5, 0.6) is 5.75 Å². The Kier molecular flexibility index (Phi) is 6.61. The predicted molar refractivity (Wildman–Crippen MR) is 126 cm³/mol. The molecule has 38 heavy (non-hydrogen) atoms. The molecule has 1 saturated carbocycles. The van der Waals surface area contributed by atoms with Crippen LogP contribution in [0.3, 0.4) is 0 Å². The molecule has 12 nitrogen and oxygen atoms in total. The van der Waals surface area contributed by atoms with Gasteiger partial charge in [0, 0.05) is 44.0 Å². The highest BCUT2D eigenvalue weighted by molar-refractivity contribution is 7.92. The molecule has 0 aromatic heterocycles. The van der Waals surface area contributed by atoms with Crippen molar-refractivity contribution in [2.45, 2.75) is 57.6 Å². The fourth-order valence-corrected chi connectivity index (χ4v) is 6.07. The second kappa shape index (κ2) is 9.10. The van der Waals surface area contributed by atoms with Crippen LogP contribution in [0.1, 0.15) is 39.2 Å². The molecule has 210 valence electrons. The van der Waals surface area contributed by atoms with Crippen molar-refractivity contribution in [3.8, 4) is 5.75 Å². The summed E-state index contributed by atoms with van der Waals surface area (Å²) in [6, 6.07) is -0.250. The quantitative estimate of drug-likeness (QED) is 0.492. The van der Waals surface area contributed by atoms with Crippen molar-refractivity contribution in [1.82, 2.24) is 9.62 Å². The van der Waals surface area contributed by atoms with Gasteiger partial charge in [-0.05, 0) is 26.7 Å². The van der Waals surface area contributed by atoms with E-state index in [4.69, 9.17) is 4.74 Å². The summed E-state index contributed by atoms with van der Waals surface area (Å²) in [4.78, 5) is 38.5. The number of phenols is 1. The zero-order valence-corrected chi connectivity index (χ0v) is 21.5. The summed E-state index contributed by atoms with van der Waals surface area (Å²) in [7, 11) is -4.49. The molecule has 1 atom stereocenters. The minimum atomic E-state index is -4.49. The molecule has 1 saturated heterocycles. The van der Waals surface area contributed by atoms with E-state index in [9.17, 15) is 41.8 Å². The van der Waals surface area contributed by atoms with Crippen LogP contribution in [-0.4, -0.2) is 78.8 Å². The van der Waals surface area contributed by atoms with Gasteiger partial charge in [0.05, 0.1) is 11.7 Å². The first-order valence-electron chi connectivity index (χ1n) is 11.6. The number of nitrogens with zero attached hydrogens (tertiary/aromatic N) is 3. The summed E-state index contributed by atoms with van der Waals surface area (Å²) in [6.45, 7) is 3.50. The van der Waals surface area contributed by atoms with Gasteiger partial charge < -0.3 is 19.8 Å². The molecule has 0 spiro atoms. The van der Waals surface area contributed by atoms with Crippen LogP contribution >= 0.6 is 0 Å². The SMILES string of the molecule is CC(C)(C)OC(=O)N(CC1CC(F)(F)C1)C[C@H]1Cc2c(cc(O)c(N3CC(=O)NS3(=O)=O)c2F)N1C(=O)O. The van der Waals surface area contributed by atoms with Gasteiger partial charge in [-0.25, -0.2) is 31.8 Å². The number of nitrogens with one attached hydrogen (secondary N) is 1. The van der Waals surface area contributed by atoms with Crippen LogP contribution < -0.4 is 13.9 Å². The minimum Gasteiger partial charge on any atom is -0.506 e. The number of amides is 3. The van der Waals surface area contributed by atoms with E-state index >= 15 is 4.39 Å². The van der Waals surface area contributed by atoms with Gasteiger partial charge >= 0.3 is 22.4 Å². The van der Waals surface area contributed by atoms with Crippen molar-refractivity contribution < 1.29 is 50.9 Å². The zero-order valence-electron chi connectivity index (χ0n) is 20.7. The van der Waals surface area contributed by atoms with E-state index in [2.05, 4.69) is 0 Å². The molecular weight excluding hydrogens is 537 g/mol. The number of aromatic hydroxyl groups is 1. The Morgan fingerprint density at radius 2 is 1.89 bits per heavy atom. The molecule has 0 radical (unpaired) electrons. The second-order valence-electron chi connectivity index (χ2n) is 10.6. The highest BCUT2D eigenvalue weighted by Crippen LogP contribution is 2.46. The number of carboxylic acid groups (broad SMARTS) is 1. The van der Waals surface area contributed by atoms with Crippen LogP contribution in [-0.2, 0) is 26.2 Å². The normalized spacial score (nSPS) is 22.1. The maximum atomic E-state index is 15.6. The molecule has 2 fully saturated rings. The van der Waals surface area contributed by atoms with Crippen LogP contribution in [0.4, 0.5) is 34.1 Å². The van der Waals surface area contributed by atoms with Crippen molar-refractivity contribution in [3.05, 3.63) is 17.4 Å². The summed E-state index contributed by atoms with van der Waals surface area (Å²) >= 11 is 0. The third kappa shape index (κ3) is 5.26. The van der Waals surface area contributed by atoms with Crippen LogP contribution in [0.15, 0.2) is 6.07 Å². The smallest absolute Gasteiger partial charge is 0.412 e. The Morgan fingerprint density at radius 1 is 1.26 bits per heavy atom. The average Bonchev–Trinajstić information content (AvgIpc) is 3.20. The fraction of sp³-hybridized carbons (Fsp3) is 0.591. The van der Waals surface area contributed by atoms with Gasteiger partial charge in [0.15, 0.2) is 5.82 Å². The largest absolute Gasteiger partial charge is 0.506 e. The molecule has 2 aliphatic heterocycles. The van der Waals surface area contributed by atoms with Gasteiger partial charge in [-0.15, -0.1) is 0 Å². The van der Waals surface area contributed by atoms with Crippen LogP contribution in [0.2, 0.25) is 0 Å². The van der Waals surface area contributed by atoms with Gasteiger partial charge in [-0.2, -0.15) is 8.42 Å². The van der Waals surface area contributed by atoms with E-state index in [1.165, 1.54) is 0 Å². The lowest BCUT2D eigenvalue weighted by atomic mass is 9.81. The number of anilines is 2. The number of carbonyl (C=O) groups excluding carboxylic acids is 2. The first kappa shape index (κ1) is 27.6. The van der Waals surface area contributed by atoms with E-state index in [1.54, 1.807) is 25.5 Å². The molecular formula is C22H27F3N4O8S. The lowest BCUT2D eigenvalue weighted by molar-refractivity contribution is -0.117. The Hall–Kier alpha value is -3.43. The minimum absolute atomic E-state index is 0.149. The topological polar surface area (TPSA) is 157 Å². The maximum absolute atomic E-state index is 15.6. The molecule has 3 amide bonds. The first-order valence-corrected chi connectivity index (χ1v) is 13.1. The van der Waals surface area contributed by atoms with Gasteiger partial charge in [0.25, 0.3) is 5.91 Å². The molecule has 4 rings (SSSR count). The molecule has 1 aromatic rings. The Labute approximate surface area is 216 Å². The predicted octanol–water partition coefficient (Wildman–Crippen LogP) is 2.40. The van der Waals surface area contributed by atoms with E-state index in [0.29, 0.717) is 4.31 Å². The molecule has 1 aromatic carbocycles. The monoisotopic (exact) mass is 564 g/mol. The molecule has 3 aliphatic rings. The summed E-state index contributed by atoms with van der Waals surface area (Å²) < 4.78 is 74.3. The molecule has 2 heterocycles. The molecule has 0 unspecified atom stereocenters. The van der Waals surface area contributed by atoms with Crippen LogP contribution in [0, 0.1) is 11.7 Å². The number of ether oxygens (including phenoxy) is 1. The van der Waals surface area contributed by atoms with E-state index in [0.717, 1.165) is 15.9 Å². The summed E-state index contributed by atoms with van der Waals surface area (Å²) in [5.74, 6) is -6.55. The number of hydrogen-bond acceptors (Lipinski definition) is 7. The Bertz CT molecular complexity index is 1290. The summed E-state index contributed by atoms with van der Waals surface area (Å²) in [5.41, 5.74) is -2.31. The van der Waals surface area contributed by atoms with Crippen molar-refractivity contribution >= 4 is 39.7 Å². The number of benzene rings is 1. The van der Waals surface area contributed by atoms with Crippen molar-refractivity contribution in [2.75, 3.05) is 28.8 Å². The maximum Gasteiger partial charge on any atom is 0.412 e. The third-order valence-corrected chi connectivity index (χ3v) is 7.75. The Balaban J connectivity index is 1.66. The third-order valence-electron chi connectivity index (χ3n) is 6.37. The van der Waals surface area contributed by atoms with Crippen molar-refractivity contribution in [1.29, 1.82) is 0 Å². The van der Waals surface area contributed by atoms with Gasteiger partial charge in [0.2, 0.25) is 5.92 Å². The molecule has 16 heteroatoms. The van der Waals surface area contributed by atoms with Gasteiger partial charge in [-0.3, -0.25) is 9.69 Å². The highest BCUT2D eigenvalue weighted by atomic mass is 32.2. The number of alkyl halides is 2. The van der Waals surface area contributed by atoms with Crippen molar-refractivity contribution in [3.63, 3.8) is 0 Å². The Morgan fingerprint density at radius 3 is 2.39 bits per heavy atom. The number of halogens is 3. The number of carbonyl (C=O) groups is 3. The number of hydrogen-bond donors (Lipinski definition) is 3. The van der Waals surface area contributed by atoms with E-state index in [1.807, 2.05) is 0 Å². The van der Waals surface area contributed by atoms with E-state index in [-0.39, 0.29) is 30.8 Å². The first-order chi connectivity index (χ1) is 17.4. The zero-order chi connectivity index (χ0) is 28.4. The van der Waals surface area contributed by atoms with E-state index < -0.39 is 88.4 Å². The second-order valence-corrected chi connectivity index (χ2v) is 12.2. The molecule has 0 bridgehead atoms. The van der Waals surface area contributed by atoms with Gasteiger partial charge in [0.1, 0.15) is 23.6 Å². The lowest BCUT2D eigenvalue weighted by Gasteiger charge is -2.39. The van der Waals surface area contributed by atoms with Crippen LogP contribution in [0.25, 0.3) is 0 Å². The summed E-state index contributed by atoms with van der Waals surface area (Å²) in [6.07, 6.45) is -3.67.